The van der Waals surface area contributed by atoms with Crippen molar-refractivity contribution in [2.24, 2.45) is 0 Å². The van der Waals surface area contributed by atoms with E-state index in [1.807, 2.05) is 16.6 Å². The molecule has 2 aliphatic heterocycles. The fourth-order valence-electron chi connectivity index (χ4n) is 6.01. The average molecular weight is 744 g/mol. The predicted octanol–water partition coefficient (Wildman–Crippen LogP) is 4.86. The van der Waals surface area contributed by atoms with Gasteiger partial charge in [0.05, 0.1) is 46.2 Å². The van der Waals surface area contributed by atoms with Gasteiger partial charge in [-0.15, -0.1) is 0 Å². The van der Waals surface area contributed by atoms with Crippen LogP contribution in [-0.2, 0) is 13.1 Å². The van der Waals surface area contributed by atoms with Crippen molar-refractivity contribution in [1.29, 1.82) is 0 Å². The lowest BCUT2D eigenvalue weighted by molar-refractivity contribution is -0.139. The van der Waals surface area contributed by atoms with Crippen LogP contribution >= 0.6 is 22.6 Å². The first kappa shape index (κ1) is 31.7. The van der Waals surface area contributed by atoms with E-state index < -0.39 is 24.9 Å². The van der Waals surface area contributed by atoms with Crippen molar-refractivity contribution in [3.05, 3.63) is 48.1 Å². The zero-order valence-corrected chi connectivity index (χ0v) is 26.8. The van der Waals surface area contributed by atoms with Gasteiger partial charge in [-0.2, -0.15) is 23.3 Å². The Bertz CT molecular complexity index is 1630. The molecule has 2 saturated heterocycles. The molecule has 0 aliphatic carbocycles. The Morgan fingerprint density at radius 1 is 1.18 bits per heavy atom. The zero-order valence-electron chi connectivity index (χ0n) is 24.6. The van der Waals surface area contributed by atoms with Crippen LogP contribution in [0.5, 0.6) is 0 Å². The molecule has 45 heavy (non-hydrogen) atoms. The Hall–Kier alpha value is -3.25. The number of alkyl halides is 5. The highest BCUT2D eigenvalue weighted by molar-refractivity contribution is 14.1. The number of carbonyl (C=O) groups excluding carboxylic acids is 1. The summed E-state index contributed by atoms with van der Waals surface area (Å²) in [6.07, 6.45) is 0.0387. The molecule has 0 spiro atoms. The highest BCUT2D eigenvalue weighted by Crippen LogP contribution is 2.35. The minimum absolute atomic E-state index is 0.0330. The second-order valence-corrected chi connectivity index (χ2v) is 12.3. The van der Waals surface area contributed by atoms with E-state index in [4.69, 9.17) is 4.52 Å². The lowest BCUT2D eigenvalue weighted by Gasteiger charge is -2.33. The first-order valence-corrected chi connectivity index (χ1v) is 16.3. The summed E-state index contributed by atoms with van der Waals surface area (Å²) in [5.41, 5.74) is 1.30. The van der Waals surface area contributed by atoms with Crippen LogP contribution in [0.25, 0.3) is 22.4 Å². The number of nitrogens with one attached hydrogen (secondary N) is 2. The number of halogens is 5. The van der Waals surface area contributed by atoms with Crippen LogP contribution in [0, 0.1) is 0 Å². The van der Waals surface area contributed by atoms with Gasteiger partial charge in [0, 0.05) is 43.4 Å². The molecule has 2 atom stereocenters. The highest BCUT2D eigenvalue weighted by atomic mass is 127. The third kappa shape index (κ3) is 7.27. The first-order chi connectivity index (χ1) is 21.6. The quantitative estimate of drug-likeness (QED) is 0.108. The molecule has 6 rings (SSSR count). The molecule has 3 aromatic heterocycles. The van der Waals surface area contributed by atoms with Crippen molar-refractivity contribution < 1.29 is 26.9 Å². The molecule has 1 aromatic carbocycles. The molecule has 2 fully saturated rings. The van der Waals surface area contributed by atoms with Crippen LogP contribution < -0.4 is 10.6 Å². The number of hydrogen-bond acceptors (Lipinski definition) is 8. The number of amides is 1. The molecule has 4 aromatic rings. The largest absolute Gasteiger partial charge is 0.406 e. The molecule has 0 radical (unpaired) electrons. The van der Waals surface area contributed by atoms with Crippen LogP contribution in [0.1, 0.15) is 41.6 Å². The van der Waals surface area contributed by atoms with Crippen LogP contribution in [-0.4, -0.2) is 96.4 Å². The summed E-state index contributed by atoms with van der Waals surface area (Å²) in [7, 11) is 1.85. The van der Waals surface area contributed by atoms with Crippen LogP contribution in [0.4, 0.5) is 23.2 Å². The van der Waals surface area contributed by atoms with Gasteiger partial charge in [0.1, 0.15) is 12.7 Å². The molecule has 5 heterocycles. The lowest BCUT2D eigenvalue weighted by Crippen LogP contribution is -2.46. The number of likely N-dealkylation sites (tertiary alicyclic amines) is 2. The number of fused-ring (bicyclic) bond motifs is 1. The zero-order chi connectivity index (χ0) is 31.7. The molecule has 242 valence electrons. The van der Waals surface area contributed by atoms with E-state index >= 15 is 0 Å². The summed E-state index contributed by atoms with van der Waals surface area (Å²) in [4.78, 5) is 21.4. The van der Waals surface area contributed by atoms with Crippen LogP contribution in [0.2, 0.25) is 0 Å². The number of carbonyl (C=O) groups is 1. The Morgan fingerprint density at radius 2 is 1.98 bits per heavy atom. The summed E-state index contributed by atoms with van der Waals surface area (Å²) >= 11 is 2.35. The molecule has 11 nitrogen and oxygen atoms in total. The molecular weight excluding hydrogens is 709 g/mol. The van der Waals surface area contributed by atoms with Crippen molar-refractivity contribution in [3.8, 4) is 11.5 Å². The number of rotatable bonds is 9. The maximum Gasteiger partial charge on any atom is 0.406 e. The van der Waals surface area contributed by atoms with Crippen molar-refractivity contribution in [3.63, 3.8) is 0 Å². The van der Waals surface area contributed by atoms with Crippen LogP contribution in [0.15, 0.2) is 41.2 Å². The van der Waals surface area contributed by atoms with Gasteiger partial charge in [-0.1, -0.05) is 33.8 Å². The van der Waals surface area contributed by atoms with E-state index in [1.54, 1.807) is 30.5 Å². The van der Waals surface area contributed by atoms with E-state index in [2.05, 4.69) is 53.4 Å². The van der Waals surface area contributed by atoms with Gasteiger partial charge >= 0.3 is 6.18 Å². The molecule has 0 unspecified atom stereocenters. The number of piperidine rings is 2. The van der Waals surface area contributed by atoms with Crippen LogP contribution in [0.3, 0.4) is 0 Å². The number of nitrogens with zero attached hydrogens (tertiary/aromatic N) is 7. The normalized spacial score (nSPS) is 20.6. The summed E-state index contributed by atoms with van der Waals surface area (Å²) in [6, 6.07) is 6.25. The van der Waals surface area contributed by atoms with E-state index in [0.717, 1.165) is 35.0 Å². The molecule has 1 amide bonds. The monoisotopic (exact) mass is 743 g/mol. The molecular formula is C29H34F4IN9O2. The minimum Gasteiger partial charge on any atom is -0.379 e. The Kier molecular flexibility index (Phi) is 9.33. The lowest BCUT2D eigenvalue weighted by atomic mass is 10.0. The van der Waals surface area contributed by atoms with Gasteiger partial charge in [0.15, 0.2) is 0 Å². The summed E-state index contributed by atoms with van der Waals surface area (Å²) in [6.45, 7) is 1.53. The fraction of sp³-hybridized carbons (Fsp3) is 0.517. The SMILES string of the molecule is CN1CC[C@@H](Nc2cccc3c2cc(-c2noc(CNC(=O)c4cnn(C5CCN(CI)CC5)c4)n2)n3CC(F)(F)F)[C@@H](F)C1. The Balaban J connectivity index is 1.18. The highest BCUT2D eigenvalue weighted by Gasteiger charge is 2.32. The molecule has 0 saturated carbocycles. The van der Waals surface area contributed by atoms with Gasteiger partial charge in [0.25, 0.3) is 5.91 Å². The Labute approximate surface area is 270 Å². The van der Waals surface area contributed by atoms with Crippen molar-refractivity contribution in [1.82, 2.24) is 39.6 Å². The minimum atomic E-state index is -4.53. The molecule has 0 bridgehead atoms. The van der Waals surface area contributed by atoms with Crippen molar-refractivity contribution in [2.45, 2.75) is 56.8 Å². The smallest absolute Gasteiger partial charge is 0.379 e. The predicted molar refractivity (Wildman–Crippen MR) is 168 cm³/mol. The summed E-state index contributed by atoms with van der Waals surface area (Å²) in [5.74, 6) is -0.405. The van der Waals surface area contributed by atoms with E-state index in [-0.39, 0.29) is 42.4 Å². The second-order valence-electron chi connectivity index (χ2n) is 11.7. The maximum absolute atomic E-state index is 14.8. The number of aromatic nitrogens is 5. The average Bonchev–Trinajstić information content (AvgIpc) is 3.77. The third-order valence-electron chi connectivity index (χ3n) is 8.43. The number of hydrogen-bond donors (Lipinski definition) is 2. The maximum atomic E-state index is 14.8. The first-order valence-electron chi connectivity index (χ1n) is 14.8. The summed E-state index contributed by atoms with van der Waals surface area (Å²) in [5, 5.41) is 14.7. The van der Waals surface area contributed by atoms with Gasteiger partial charge < -0.3 is 24.6 Å². The van der Waals surface area contributed by atoms with Gasteiger partial charge in [-0.25, -0.2) is 4.39 Å². The van der Waals surface area contributed by atoms with E-state index in [0.29, 0.717) is 35.1 Å². The standard InChI is InChI=1S/C29H34F4IN9O2/c1-40-8-7-23(21(30)15-40)37-22-3-2-4-24-20(22)11-25(42(24)16-29(31,32)33)27-38-26(45-39-27)13-35-28(44)18-12-36-43(14-18)19-5-9-41(17-34)10-6-19/h2-4,11-12,14,19,21,23,37H,5-10,13,15-17H2,1H3,(H,35,44)/t21-,23+/m0/s1. The second kappa shape index (κ2) is 13.2. The topological polar surface area (TPSA) is 109 Å². The van der Waals surface area contributed by atoms with Gasteiger partial charge in [0.2, 0.25) is 11.7 Å². The molecule has 16 heteroatoms. The van der Waals surface area contributed by atoms with Gasteiger partial charge in [-0.05, 0) is 44.5 Å². The fourth-order valence-corrected chi connectivity index (χ4v) is 6.69. The number of benzene rings is 1. The van der Waals surface area contributed by atoms with E-state index in [9.17, 15) is 22.4 Å². The third-order valence-corrected chi connectivity index (χ3v) is 9.39. The van der Waals surface area contributed by atoms with E-state index in [1.165, 1.54) is 6.20 Å². The Morgan fingerprint density at radius 3 is 2.71 bits per heavy atom. The molecule has 2 aliphatic rings. The molecule has 2 N–H and O–H groups in total. The van der Waals surface area contributed by atoms with Gasteiger partial charge in [-0.3, -0.25) is 14.4 Å². The number of anilines is 1. The van der Waals surface area contributed by atoms with Crippen molar-refractivity contribution in [2.75, 3.05) is 43.1 Å². The van der Waals surface area contributed by atoms with Crippen molar-refractivity contribution >= 4 is 45.1 Å². The summed E-state index contributed by atoms with van der Waals surface area (Å²) < 4.78 is 65.2.